The Kier molecular flexibility index (Phi) is 3.17. The van der Waals surface area contributed by atoms with Crippen LogP contribution in [0.15, 0.2) is 28.7 Å². The Bertz CT molecular complexity index is 443. The molecule has 2 aromatic rings. The predicted molar refractivity (Wildman–Crippen MR) is 62.8 cm³/mol. The SMILES string of the molecule is Nc1snnc1COc1ccc(Br)cc1. The van der Waals surface area contributed by atoms with Crippen LogP contribution in [0.1, 0.15) is 5.69 Å². The lowest BCUT2D eigenvalue weighted by atomic mass is 10.3. The largest absolute Gasteiger partial charge is 0.487 e. The van der Waals surface area contributed by atoms with Crippen LogP contribution in [0.3, 0.4) is 0 Å². The van der Waals surface area contributed by atoms with Crippen molar-refractivity contribution in [2.75, 3.05) is 5.73 Å². The van der Waals surface area contributed by atoms with Gasteiger partial charge in [0.05, 0.1) is 0 Å². The molecule has 0 radical (unpaired) electrons. The highest BCUT2D eigenvalue weighted by atomic mass is 79.9. The van der Waals surface area contributed by atoms with Gasteiger partial charge in [0.15, 0.2) is 0 Å². The zero-order valence-electron chi connectivity index (χ0n) is 7.68. The Morgan fingerprint density at radius 1 is 1.33 bits per heavy atom. The first-order valence-corrected chi connectivity index (χ1v) is 5.77. The van der Waals surface area contributed by atoms with E-state index >= 15 is 0 Å². The van der Waals surface area contributed by atoms with Gasteiger partial charge >= 0.3 is 0 Å². The van der Waals surface area contributed by atoms with Crippen molar-refractivity contribution in [1.82, 2.24) is 9.59 Å². The lowest BCUT2D eigenvalue weighted by Crippen LogP contribution is -1.98. The highest BCUT2D eigenvalue weighted by Crippen LogP contribution is 2.19. The minimum absolute atomic E-state index is 0.351. The summed E-state index contributed by atoms with van der Waals surface area (Å²) in [5.74, 6) is 0.783. The lowest BCUT2D eigenvalue weighted by molar-refractivity contribution is 0.302. The van der Waals surface area contributed by atoms with Gasteiger partial charge in [0, 0.05) is 16.0 Å². The van der Waals surface area contributed by atoms with E-state index < -0.39 is 0 Å². The molecule has 0 bridgehead atoms. The van der Waals surface area contributed by atoms with Crippen molar-refractivity contribution in [2.24, 2.45) is 0 Å². The van der Waals surface area contributed by atoms with Crippen LogP contribution in [0.2, 0.25) is 0 Å². The van der Waals surface area contributed by atoms with Crippen molar-refractivity contribution in [3.63, 3.8) is 0 Å². The first-order valence-electron chi connectivity index (χ1n) is 4.21. The molecule has 6 heteroatoms. The second-order valence-electron chi connectivity index (χ2n) is 2.83. The fourth-order valence-electron chi connectivity index (χ4n) is 0.998. The zero-order valence-corrected chi connectivity index (χ0v) is 10.1. The third-order valence-corrected chi connectivity index (χ3v) is 2.90. The maximum absolute atomic E-state index is 5.63. The topological polar surface area (TPSA) is 61.0 Å². The van der Waals surface area contributed by atoms with Crippen molar-refractivity contribution in [3.05, 3.63) is 34.4 Å². The molecular weight excluding hydrogens is 278 g/mol. The van der Waals surface area contributed by atoms with Crippen LogP contribution in [0.4, 0.5) is 5.00 Å². The molecule has 0 spiro atoms. The summed E-state index contributed by atoms with van der Waals surface area (Å²) in [7, 11) is 0. The van der Waals surface area contributed by atoms with Crippen LogP contribution in [0, 0.1) is 0 Å². The minimum Gasteiger partial charge on any atom is -0.487 e. The van der Waals surface area contributed by atoms with Crippen molar-refractivity contribution in [3.8, 4) is 5.75 Å². The number of ether oxygens (including phenoxy) is 1. The Labute approximate surface area is 99.4 Å². The van der Waals surface area contributed by atoms with Crippen molar-refractivity contribution < 1.29 is 4.74 Å². The van der Waals surface area contributed by atoms with Crippen LogP contribution in [-0.4, -0.2) is 9.59 Å². The van der Waals surface area contributed by atoms with Crippen LogP contribution in [0.5, 0.6) is 5.75 Å². The quantitative estimate of drug-likeness (QED) is 0.941. The monoisotopic (exact) mass is 285 g/mol. The van der Waals surface area contributed by atoms with Gasteiger partial charge < -0.3 is 10.5 Å². The predicted octanol–water partition coefficient (Wildman–Crippen LogP) is 2.46. The van der Waals surface area contributed by atoms with E-state index in [-0.39, 0.29) is 0 Å². The van der Waals surface area contributed by atoms with E-state index in [2.05, 4.69) is 25.5 Å². The molecule has 0 aliphatic carbocycles. The Morgan fingerprint density at radius 3 is 2.67 bits per heavy atom. The molecule has 0 amide bonds. The zero-order chi connectivity index (χ0) is 10.7. The summed E-state index contributed by atoms with van der Waals surface area (Å²) in [6, 6.07) is 7.58. The van der Waals surface area contributed by atoms with Gasteiger partial charge in [-0.2, -0.15) is 0 Å². The maximum Gasteiger partial charge on any atom is 0.136 e. The molecule has 0 fully saturated rings. The number of benzene rings is 1. The summed E-state index contributed by atoms with van der Waals surface area (Å²) in [4.78, 5) is 0. The molecule has 0 unspecified atom stereocenters. The van der Waals surface area contributed by atoms with Gasteiger partial charge in [-0.3, -0.25) is 0 Å². The smallest absolute Gasteiger partial charge is 0.136 e. The first kappa shape index (κ1) is 10.4. The fraction of sp³-hybridized carbons (Fsp3) is 0.111. The summed E-state index contributed by atoms with van der Waals surface area (Å²) < 4.78 is 10.2. The molecule has 78 valence electrons. The van der Waals surface area contributed by atoms with E-state index in [0.717, 1.165) is 10.2 Å². The molecule has 0 saturated carbocycles. The van der Waals surface area contributed by atoms with E-state index in [0.29, 0.717) is 17.3 Å². The first-order chi connectivity index (χ1) is 7.25. The number of nitrogens with two attached hydrogens (primary N) is 1. The Hall–Kier alpha value is -1.14. The standard InChI is InChI=1S/C9H8BrN3OS/c10-6-1-3-7(4-2-6)14-5-8-9(11)15-13-12-8/h1-4H,5,11H2. The highest BCUT2D eigenvalue weighted by Gasteiger charge is 2.04. The van der Waals surface area contributed by atoms with Gasteiger partial charge in [-0.25, -0.2) is 0 Å². The van der Waals surface area contributed by atoms with Gasteiger partial charge in [0.1, 0.15) is 23.1 Å². The van der Waals surface area contributed by atoms with Gasteiger partial charge in [-0.1, -0.05) is 20.4 Å². The lowest BCUT2D eigenvalue weighted by Gasteiger charge is -2.03. The van der Waals surface area contributed by atoms with Gasteiger partial charge in [-0.05, 0) is 24.3 Å². The van der Waals surface area contributed by atoms with Gasteiger partial charge in [-0.15, -0.1) is 5.10 Å². The Morgan fingerprint density at radius 2 is 2.07 bits per heavy atom. The minimum atomic E-state index is 0.351. The molecule has 0 aliphatic heterocycles. The van der Waals surface area contributed by atoms with E-state index in [9.17, 15) is 0 Å². The normalized spacial score (nSPS) is 10.2. The third-order valence-electron chi connectivity index (χ3n) is 1.77. The number of halogens is 1. The Balaban J connectivity index is 1.99. The molecule has 0 saturated heterocycles. The second-order valence-corrected chi connectivity index (χ2v) is 4.53. The van der Waals surface area contributed by atoms with Gasteiger partial charge in [0.25, 0.3) is 0 Å². The third kappa shape index (κ3) is 2.66. The molecule has 0 atom stereocenters. The number of rotatable bonds is 3. The van der Waals surface area contributed by atoms with Crippen molar-refractivity contribution in [2.45, 2.75) is 6.61 Å². The van der Waals surface area contributed by atoms with E-state index in [1.807, 2.05) is 24.3 Å². The van der Waals surface area contributed by atoms with Crippen LogP contribution >= 0.6 is 27.5 Å². The maximum atomic E-state index is 5.63. The molecule has 2 rings (SSSR count). The molecular formula is C9H8BrN3OS. The number of nitrogens with zero attached hydrogens (tertiary/aromatic N) is 2. The average Bonchev–Trinajstić information content (AvgIpc) is 2.63. The van der Waals surface area contributed by atoms with E-state index in [1.54, 1.807) is 0 Å². The van der Waals surface area contributed by atoms with Crippen molar-refractivity contribution >= 4 is 32.5 Å². The molecule has 4 nitrogen and oxygen atoms in total. The van der Waals surface area contributed by atoms with E-state index in [1.165, 1.54) is 11.5 Å². The number of aromatic nitrogens is 2. The van der Waals surface area contributed by atoms with Crippen LogP contribution < -0.4 is 10.5 Å². The summed E-state index contributed by atoms with van der Waals surface area (Å²) in [6.45, 7) is 0.351. The number of nitrogen functional groups attached to an aromatic ring is 1. The molecule has 1 aromatic heterocycles. The molecule has 1 aromatic carbocycles. The molecule has 0 aliphatic rings. The van der Waals surface area contributed by atoms with Crippen LogP contribution in [-0.2, 0) is 6.61 Å². The summed E-state index contributed by atoms with van der Waals surface area (Å²) >= 11 is 4.52. The van der Waals surface area contributed by atoms with Crippen molar-refractivity contribution in [1.29, 1.82) is 0 Å². The second kappa shape index (κ2) is 4.59. The van der Waals surface area contributed by atoms with E-state index in [4.69, 9.17) is 10.5 Å². The summed E-state index contributed by atoms with van der Waals surface area (Å²) in [5, 5.41) is 4.46. The summed E-state index contributed by atoms with van der Waals surface area (Å²) in [5.41, 5.74) is 6.32. The molecule has 2 N–H and O–H groups in total. The summed E-state index contributed by atoms with van der Waals surface area (Å²) in [6.07, 6.45) is 0. The average molecular weight is 286 g/mol. The van der Waals surface area contributed by atoms with Crippen LogP contribution in [0.25, 0.3) is 0 Å². The molecule has 15 heavy (non-hydrogen) atoms. The van der Waals surface area contributed by atoms with Gasteiger partial charge in [0.2, 0.25) is 0 Å². The highest BCUT2D eigenvalue weighted by molar-refractivity contribution is 9.10. The number of anilines is 1. The number of hydrogen-bond acceptors (Lipinski definition) is 5. The number of hydrogen-bond donors (Lipinski definition) is 1. The molecule has 1 heterocycles. The fourth-order valence-corrected chi connectivity index (χ4v) is 1.69.